The van der Waals surface area contributed by atoms with E-state index in [9.17, 15) is 4.79 Å². The van der Waals surface area contributed by atoms with Crippen molar-refractivity contribution in [3.05, 3.63) is 4.88 Å². The highest BCUT2D eigenvalue weighted by atomic mass is 32.1. The van der Waals surface area contributed by atoms with Crippen molar-refractivity contribution in [1.82, 2.24) is 10.3 Å². The third-order valence-corrected chi connectivity index (χ3v) is 4.99. The third-order valence-electron chi connectivity index (χ3n) is 3.99. The molecular weight excluding hydrogens is 272 g/mol. The second-order valence-electron chi connectivity index (χ2n) is 6.23. The second-order valence-corrected chi connectivity index (χ2v) is 7.23. The van der Waals surface area contributed by atoms with Gasteiger partial charge in [0.1, 0.15) is 10.7 Å². The van der Waals surface area contributed by atoms with Crippen LogP contribution in [0.25, 0.3) is 0 Å². The maximum absolute atomic E-state index is 12.2. The number of aromatic nitrogens is 1. The maximum Gasteiger partial charge on any atom is 0.265 e. The van der Waals surface area contributed by atoms with Crippen LogP contribution in [-0.4, -0.2) is 23.5 Å². The molecular formula is C14H24N4OS. The Kier molecular flexibility index (Phi) is 4.22. The summed E-state index contributed by atoms with van der Waals surface area (Å²) in [5.74, 6) is 0.800. The fourth-order valence-corrected chi connectivity index (χ4v) is 3.21. The van der Waals surface area contributed by atoms with Gasteiger partial charge in [-0.2, -0.15) is 0 Å². The predicted octanol–water partition coefficient (Wildman–Crippen LogP) is 2.71. The monoisotopic (exact) mass is 296 g/mol. The summed E-state index contributed by atoms with van der Waals surface area (Å²) < 4.78 is 0. The number of thiazole rings is 1. The molecule has 0 radical (unpaired) electrons. The van der Waals surface area contributed by atoms with Gasteiger partial charge >= 0.3 is 0 Å². The molecule has 0 saturated heterocycles. The molecule has 0 aromatic carbocycles. The summed E-state index contributed by atoms with van der Waals surface area (Å²) in [6.45, 7) is 9.21. The van der Waals surface area contributed by atoms with Crippen molar-refractivity contribution in [2.75, 3.05) is 17.6 Å². The van der Waals surface area contributed by atoms with Crippen molar-refractivity contribution in [1.29, 1.82) is 0 Å². The van der Waals surface area contributed by atoms with E-state index in [1.54, 1.807) is 0 Å². The van der Waals surface area contributed by atoms with Gasteiger partial charge in [0.05, 0.1) is 0 Å². The van der Waals surface area contributed by atoms with Gasteiger partial charge in [0.15, 0.2) is 5.13 Å². The molecule has 0 bridgehead atoms. The summed E-state index contributed by atoms with van der Waals surface area (Å²) in [4.78, 5) is 16.9. The highest BCUT2D eigenvalue weighted by molar-refractivity contribution is 7.18. The molecule has 1 amide bonds. The van der Waals surface area contributed by atoms with Crippen molar-refractivity contribution in [2.24, 2.45) is 11.3 Å². The van der Waals surface area contributed by atoms with Gasteiger partial charge in [0.2, 0.25) is 0 Å². The first-order valence-corrected chi connectivity index (χ1v) is 7.97. The normalized spacial score (nSPS) is 16.5. The number of nitrogen functional groups attached to an aromatic ring is 1. The Morgan fingerprint density at radius 3 is 2.55 bits per heavy atom. The molecule has 0 atom stereocenters. The average Bonchev–Trinajstić information content (AvgIpc) is 3.05. The van der Waals surface area contributed by atoms with Gasteiger partial charge in [-0.25, -0.2) is 4.98 Å². The quantitative estimate of drug-likeness (QED) is 0.754. The molecule has 0 spiro atoms. The molecule has 20 heavy (non-hydrogen) atoms. The molecule has 6 heteroatoms. The van der Waals surface area contributed by atoms with E-state index < -0.39 is 0 Å². The standard InChI is InChI=1S/C14H24N4OS/c1-8(2)14(5-6-14)7-16-12(19)10-11(15)18-13(20-10)17-9(3)4/h8-9H,5-7,15H2,1-4H3,(H,16,19)(H,17,18). The van der Waals surface area contributed by atoms with Crippen molar-refractivity contribution >= 4 is 28.2 Å². The second kappa shape index (κ2) is 5.60. The van der Waals surface area contributed by atoms with Crippen LogP contribution in [-0.2, 0) is 0 Å². The first-order valence-electron chi connectivity index (χ1n) is 7.15. The lowest BCUT2D eigenvalue weighted by Crippen LogP contribution is -2.32. The Labute approximate surface area is 124 Å². The number of rotatable bonds is 6. The summed E-state index contributed by atoms with van der Waals surface area (Å²) in [7, 11) is 0. The number of carbonyl (C=O) groups is 1. The lowest BCUT2D eigenvalue weighted by Gasteiger charge is -2.19. The van der Waals surface area contributed by atoms with Crippen molar-refractivity contribution in [2.45, 2.75) is 46.6 Å². The van der Waals surface area contributed by atoms with Gasteiger partial charge in [-0.3, -0.25) is 4.79 Å². The highest BCUT2D eigenvalue weighted by Crippen LogP contribution is 2.51. The van der Waals surface area contributed by atoms with Gasteiger partial charge in [-0.15, -0.1) is 0 Å². The zero-order valence-corrected chi connectivity index (χ0v) is 13.4. The average molecular weight is 296 g/mol. The fraction of sp³-hybridized carbons (Fsp3) is 0.714. The van der Waals surface area contributed by atoms with E-state index in [1.165, 1.54) is 24.2 Å². The Morgan fingerprint density at radius 2 is 2.05 bits per heavy atom. The SMILES string of the molecule is CC(C)Nc1nc(N)c(C(=O)NCC2(C(C)C)CC2)s1. The van der Waals surface area contributed by atoms with E-state index in [0.29, 0.717) is 27.2 Å². The number of amides is 1. The van der Waals surface area contributed by atoms with Crippen LogP contribution < -0.4 is 16.4 Å². The molecule has 1 fully saturated rings. The van der Waals surface area contributed by atoms with Crippen LogP contribution in [0.15, 0.2) is 0 Å². The molecule has 0 aliphatic heterocycles. The largest absolute Gasteiger partial charge is 0.382 e. The molecule has 1 aliphatic carbocycles. The minimum Gasteiger partial charge on any atom is -0.382 e. The Morgan fingerprint density at radius 1 is 1.40 bits per heavy atom. The van der Waals surface area contributed by atoms with Gasteiger partial charge in [-0.05, 0) is 38.0 Å². The van der Waals surface area contributed by atoms with Gasteiger partial charge in [0.25, 0.3) is 5.91 Å². The number of carbonyl (C=O) groups excluding carboxylic acids is 1. The van der Waals surface area contributed by atoms with E-state index in [0.717, 1.165) is 6.54 Å². The molecule has 112 valence electrons. The number of anilines is 2. The topological polar surface area (TPSA) is 80.0 Å². The number of nitrogens with zero attached hydrogens (tertiary/aromatic N) is 1. The molecule has 1 heterocycles. The lowest BCUT2D eigenvalue weighted by molar-refractivity contribution is 0.0944. The number of hydrogen-bond donors (Lipinski definition) is 3. The number of nitrogens with two attached hydrogens (primary N) is 1. The predicted molar refractivity (Wildman–Crippen MR) is 84.1 cm³/mol. The first-order chi connectivity index (χ1) is 9.34. The molecule has 2 rings (SSSR count). The summed E-state index contributed by atoms with van der Waals surface area (Å²) in [5.41, 5.74) is 6.13. The van der Waals surface area contributed by atoms with Crippen molar-refractivity contribution in [3.8, 4) is 0 Å². The minimum absolute atomic E-state index is 0.108. The van der Waals surface area contributed by atoms with Crippen LogP contribution >= 0.6 is 11.3 Å². The highest BCUT2D eigenvalue weighted by Gasteiger charge is 2.45. The van der Waals surface area contributed by atoms with Crippen LogP contribution in [0.5, 0.6) is 0 Å². The summed E-state index contributed by atoms with van der Waals surface area (Å²) in [6, 6.07) is 0.270. The molecule has 5 nitrogen and oxygen atoms in total. The van der Waals surface area contributed by atoms with Crippen LogP contribution in [0.3, 0.4) is 0 Å². The molecule has 0 unspecified atom stereocenters. The molecule has 1 aliphatic rings. The van der Waals surface area contributed by atoms with E-state index in [4.69, 9.17) is 5.73 Å². The fourth-order valence-electron chi connectivity index (χ4n) is 2.26. The van der Waals surface area contributed by atoms with Crippen molar-refractivity contribution in [3.63, 3.8) is 0 Å². The van der Waals surface area contributed by atoms with Crippen LogP contribution in [0, 0.1) is 11.3 Å². The van der Waals surface area contributed by atoms with Gasteiger partial charge in [0, 0.05) is 12.6 Å². The van der Waals surface area contributed by atoms with E-state index in [2.05, 4.69) is 29.5 Å². The zero-order chi connectivity index (χ0) is 14.9. The number of hydrogen-bond acceptors (Lipinski definition) is 5. The van der Waals surface area contributed by atoms with Crippen LogP contribution in [0.2, 0.25) is 0 Å². The minimum atomic E-state index is -0.108. The Hall–Kier alpha value is -1.30. The van der Waals surface area contributed by atoms with Crippen molar-refractivity contribution < 1.29 is 4.79 Å². The molecule has 1 aromatic rings. The zero-order valence-electron chi connectivity index (χ0n) is 12.6. The molecule has 4 N–H and O–H groups in total. The Balaban J connectivity index is 1.97. The molecule has 1 saturated carbocycles. The third kappa shape index (κ3) is 3.23. The van der Waals surface area contributed by atoms with E-state index >= 15 is 0 Å². The summed E-state index contributed by atoms with van der Waals surface area (Å²) in [5, 5.41) is 6.89. The van der Waals surface area contributed by atoms with Crippen LogP contribution in [0.4, 0.5) is 10.9 Å². The number of nitrogens with one attached hydrogen (secondary N) is 2. The van der Waals surface area contributed by atoms with E-state index in [1.807, 2.05) is 13.8 Å². The maximum atomic E-state index is 12.2. The lowest BCUT2D eigenvalue weighted by atomic mass is 9.92. The summed E-state index contributed by atoms with van der Waals surface area (Å²) in [6.07, 6.45) is 2.40. The Bertz CT molecular complexity index is 491. The summed E-state index contributed by atoms with van der Waals surface area (Å²) >= 11 is 1.32. The smallest absolute Gasteiger partial charge is 0.265 e. The van der Waals surface area contributed by atoms with Gasteiger partial charge < -0.3 is 16.4 Å². The molecule has 1 aromatic heterocycles. The van der Waals surface area contributed by atoms with E-state index in [-0.39, 0.29) is 11.9 Å². The first kappa shape index (κ1) is 15.1. The van der Waals surface area contributed by atoms with Crippen LogP contribution in [0.1, 0.15) is 50.2 Å². The van der Waals surface area contributed by atoms with Gasteiger partial charge in [-0.1, -0.05) is 25.2 Å².